The monoisotopic (exact) mass is 294 g/mol. The molecule has 4 nitrogen and oxygen atoms in total. The fourth-order valence-corrected chi connectivity index (χ4v) is 2.67. The summed E-state index contributed by atoms with van der Waals surface area (Å²) in [5.41, 5.74) is 0.502. The van der Waals surface area contributed by atoms with Crippen LogP contribution in [0.4, 0.5) is 4.39 Å². The quantitative estimate of drug-likeness (QED) is 0.923. The molecule has 1 aliphatic heterocycles. The molecular weight excluding hydrogens is 271 g/mol. The van der Waals surface area contributed by atoms with Gasteiger partial charge in [0.2, 0.25) is 5.91 Å². The SMILES string of the molecule is CC1CN(C(C)C(=O)NCc2ccccc2F)CC(C)O1. The van der Waals surface area contributed by atoms with Crippen LogP contribution >= 0.6 is 0 Å². The summed E-state index contributed by atoms with van der Waals surface area (Å²) in [5, 5.41) is 2.81. The number of amides is 1. The molecular formula is C16H23FN2O2. The van der Waals surface area contributed by atoms with Crippen molar-refractivity contribution >= 4 is 5.91 Å². The van der Waals surface area contributed by atoms with E-state index in [0.717, 1.165) is 13.1 Å². The molecule has 1 amide bonds. The minimum absolute atomic E-state index is 0.0837. The Morgan fingerprint density at radius 2 is 2.00 bits per heavy atom. The number of hydrogen-bond donors (Lipinski definition) is 1. The molecule has 1 fully saturated rings. The number of carbonyl (C=O) groups is 1. The molecule has 0 spiro atoms. The van der Waals surface area contributed by atoms with Crippen LogP contribution in [-0.2, 0) is 16.1 Å². The van der Waals surface area contributed by atoms with E-state index in [1.807, 2.05) is 20.8 Å². The Labute approximate surface area is 125 Å². The van der Waals surface area contributed by atoms with Crippen LogP contribution in [0.15, 0.2) is 24.3 Å². The topological polar surface area (TPSA) is 41.6 Å². The fourth-order valence-electron chi connectivity index (χ4n) is 2.67. The van der Waals surface area contributed by atoms with Gasteiger partial charge >= 0.3 is 0 Å². The molecule has 3 unspecified atom stereocenters. The molecule has 1 N–H and O–H groups in total. The molecule has 3 atom stereocenters. The Morgan fingerprint density at radius 3 is 2.62 bits per heavy atom. The number of nitrogens with one attached hydrogen (secondary N) is 1. The first-order valence-electron chi connectivity index (χ1n) is 7.38. The van der Waals surface area contributed by atoms with Crippen LogP contribution in [0.25, 0.3) is 0 Å². The van der Waals surface area contributed by atoms with Crippen LogP contribution in [-0.4, -0.2) is 42.1 Å². The smallest absolute Gasteiger partial charge is 0.237 e. The third kappa shape index (κ3) is 4.25. The van der Waals surface area contributed by atoms with Crippen molar-refractivity contribution in [3.8, 4) is 0 Å². The molecule has 0 radical (unpaired) electrons. The van der Waals surface area contributed by atoms with E-state index in [9.17, 15) is 9.18 Å². The lowest BCUT2D eigenvalue weighted by molar-refractivity contribution is -0.131. The first kappa shape index (κ1) is 15.9. The second kappa shape index (κ2) is 7.00. The molecule has 5 heteroatoms. The second-order valence-corrected chi connectivity index (χ2v) is 5.70. The highest BCUT2D eigenvalue weighted by Gasteiger charge is 2.29. The van der Waals surface area contributed by atoms with Crippen molar-refractivity contribution < 1.29 is 13.9 Å². The van der Waals surface area contributed by atoms with Gasteiger partial charge in [-0.05, 0) is 26.8 Å². The van der Waals surface area contributed by atoms with Gasteiger partial charge in [-0.2, -0.15) is 0 Å². The lowest BCUT2D eigenvalue weighted by Gasteiger charge is -2.38. The molecule has 0 saturated carbocycles. The second-order valence-electron chi connectivity index (χ2n) is 5.70. The number of carbonyl (C=O) groups excluding carboxylic acids is 1. The van der Waals surface area contributed by atoms with E-state index < -0.39 is 0 Å². The van der Waals surface area contributed by atoms with E-state index in [2.05, 4.69) is 10.2 Å². The van der Waals surface area contributed by atoms with Crippen LogP contribution in [0.1, 0.15) is 26.3 Å². The van der Waals surface area contributed by atoms with Crippen LogP contribution in [0.2, 0.25) is 0 Å². The first-order valence-corrected chi connectivity index (χ1v) is 7.38. The molecule has 1 aromatic rings. The lowest BCUT2D eigenvalue weighted by Crippen LogP contribution is -2.53. The number of nitrogens with zero attached hydrogens (tertiary/aromatic N) is 1. The van der Waals surface area contributed by atoms with E-state index in [-0.39, 0.29) is 36.5 Å². The number of halogens is 1. The van der Waals surface area contributed by atoms with Crippen molar-refractivity contribution in [3.63, 3.8) is 0 Å². The number of morpholine rings is 1. The Morgan fingerprint density at radius 1 is 1.38 bits per heavy atom. The van der Waals surface area contributed by atoms with E-state index in [1.54, 1.807) is 18.2 Å². The predicted molar refractivity (Wildman–Crippen MR) is 79.3 cm³/mol. The van der Waals surface area contributed by atoms with Crippen molar-refractivity contribution in [2.24, 2.45) is 0 Å². The zero-order chi connectivity index (χ0) is 15.4. The van der Waals surface area contributed by atoms with Crippen LogP contribution in [0.3, 0.4) is 0 Å². The van der Waals surface area contributed by atoms with Gasteiger partial charge in [-0.15, -0.1) is 0 Å². The molecule has 1 aliphatic rings. The highest BCUT2D eigenvalue weighted by Crippen LogP contribution is 2.14. The third-order valence-corrected chi connectivity index (χ3v) is 3.79. The summed E-state index contributed by atoms with van der Waals surface area (Å²) in [7, 11) is 0. The highest BCUT2D eigenvalue weighted by atomic mass is 19.1. The summed E-state index contributed by atoms with van der Waals surface area (Å²) in [6, 6.07) is 6.24. The van der Waals surface area contributed by atoms with Gasteiger partial charge in [0, 0.05) is 25.2 Å². The van der Waals surface area contributed by atoms with Crippen LogP contribution in [0, 0.1) is 5.82 Å². The Balaban J connectivity index is 1.89. The Kier molecular flexibility index (Phi) is 5.31. The maximum absolute atomic E-state index is 13.5. The molecule has 1 aromatic carbocycles. The summed E-state index contributed by atoms with van der Waals surface area (Å²) in [4.78, 5) is 14.3. The molecule has 2 rings (SSSR count). The van der Waals surface area contributed by atoms with Gasteiger partial charge < -0.3 is 10.1 Å². The molecule has 116 valence electrons. The minimum Gasteiger partial charge on any atom is -0.373 e. The molecule has 1 saturated heterocycles. The lowest BCUT2D eigenvalue weighted by atomic mass is 10.1. The van der Waals surface area contributed by atoms with Crippen molar-refractivity contribution in [1.82, 2.24) is 10.2 Å². The van der Waals surface area contributed by atoms with E-state index >= 15 is 0 Å². The Hall–Kier alpha value is -1.46. The van der Waals surface area contributed by atoms with Crippen molar-refractivity contribution in [2.45, 2.75) is 45.6 Å². The van der Waals surface area contributed by atoms with Crippen molar-refractivity contribution in [2.75, 3.05) is 13.1 Å². The molecule has 1 heterocycles. The highest BCUT2D eigenvalue weighted by molar-refractivity contribution is 5.81. The van der Waals surface area contributed by atoms with Gasteiger partial charge in [-0.1, -0.05) is 18.2 Å². The van der Waals surface area contributed by atoms with Crippen molar-refractivity contribution in [3.05, 3.63) is 35.6 Å². The van der Waals surface area contributed by atoms with Gasteiger partial charge in [-0.25, -0.2) is 4.39 Å². The zero-order valence-corrected chi connectivity index (χ0v) is 12.8. The summed E-state index contributed by atoms with van der Waals surface area (Å²) in [6.45, 7) is 7.57. The summed E-state index contributed by atoms with van der Waals surface area (Å²) in [6.07, 6.45) is 0.242. The predicted octanol–water partition coefficient (Wildman–Crippen LogP) is 1.94. The summed E-state index contributed by atoms with van der Waals surface area (Å²) in [5.74, 6) is -0.376. The minimum atomic E-state index is -0.293. The first-order chi connectivity index (χ1) is 9.97. The zero-order valence-electron chi connectivity index (χ0n) is 12.8. The molecule has 0 aliphatic carbocycles. The van der Waals surface area contributed by atoms with Gasteiger partial charge in [0.1, 0.15) is 5.82 Å². The van der Waals surface area contributed by atoms with E-state index in [4.69, 9.17) is 4.74 Å². The maximum atomic E-state index is 13.5. The van der Waals surface area contributed by atoms with Crippen molar-refractivity contribution in [1.29, 1.82) is 0 Å². The van der Waals surface area contributed by atoms with Gasteiger partial charge in [0.05, 0.1) is 18.2 Å². The number of ether oxygens (including phenoxy) is 1. The van der Waals surface area contributed by atoms with Crippen LogP contribution < -0.4 is 5.32 Å². The normalized spacial score (nSPS) is 24.6. The van der Waals surface area contributed by atoms with Crippen LogP contribution in [0.5, 0.6) is 0 Å². The standard InChI is InChI=1S/C16H23FN2O2/c1-11-9-19(10-12(2)21-11)13(3)16(20)18-8-14-6-4-5-7-15(14)17/h4-7,11-13H,8-10H2,1-3H3,(H,18,20). The van der Waals surface area contributed by atoms with Gasteiger partial charge in [-0.3, -0.25) is 9.69 Å². The largest absolute Gasteiger partial charge is 0.373 e. The average Bonchev–Trinajstić information content (AvgIpc) is 2.44. The summed E-state index contributed by atoms with van der Waals surface area (Å²) >= 11 is 0. The van der Waals surface area contributed by atoms with Gasteiger partial charge in [0.25, 0.3) is 0 Å². The number of rotatable bonds is 4. The maximum Gasteiger partial charge on any atom is 0.237 e. The molecule has 21 heavy (non-hydrogen) atoms. The third-order valence-electron chi connectivity index (χ3n) is 3.79. The van der Waals surface area contributed by atoms with E-state index in [1.165, 1.54) is 6.07 Å². The Bertz CT molecular complexity index is 485. The number of benzene rings is 1. The number of hydrogen-bond acceptors (Lipinski definition) is 3. The fraction of sp³-hybridized carbons (Fsp3) is 0.562. The molecule has 0 bridgehead atoms. The van der Waals surface area contributed by atoms with E-state index in [0.29, 0.717) is 5.56 Å². The molecule has 0 aromatic heterocycles. The average molecular weight is 294 g/mol. The van der Waals surface area contributed by atoms with Gasteiger partial charge in [0.15, 0.2) is 0 Å². The summed E-state index contributed by atoms with van der Waals surface area (Å²) < 4.78 is 19.2.